The Morgan fingerprint density at radius 1 is 1.17 bits per heavy atom. The monoisotopic (exact) mass is 269 g/mol. The summed E-state index contributed by atoms with van der Waals surface area (Å²) in [6, 6.07) is 4.06. The van der Waals surface area contributed by atoms with E-state index in [0.717, 1.165) is 18.2 Å². The first-order valence-electron chi connectivity index (χ1n) is 4.79. The van der Waals surface area contributed by atoms with Crippen LogP contribution in [-0.4, -0.2) is 13.6 Å². The molecule has 0 heterocycles. The smallest absolute Gasteiger partial charge is 0.492 e. The lowest BCUT2D eigenvalue weighted by Gasteiger charge is -2.19. The first-order valence-corrected chi connectivity index (χ1v) is 4.79. The quantitative estimate of drug-likeness (QED) is 0.592. The first-order chi connectivity index (χ1) is 8.12. The predicted octanol–water partition coefficient (Wildman–Crippen LogP) is 4.03. The zero-order valence-corrected chi connectivity index (χ0v) is 8.98. The highest BCUT2D eigenvalue weighted by atomic mass is 19.4. The summed E-state index contributed by atoms with van der Waals surface area (Å²) in [6.07, 6.45) is -4.68. The van der Waals surface area contributed by atoms with Crippen LogP contribution in [0.5, 0.6) is 5.75 Å². The van der Waals surface area contributed by atoms with Crippen LogP contribution in [0.3, 0.4) is 0 Å². The molecule has 0 unspecified atom stereocenters. The van der Waals surface area contributed by atoms with Crippen LogP contribution in [0.1, 0.15) is 5.56 Å². The Balaban J connectivity index is 2.84. The van der Waals surface area contributed by atoms with Crippen molar-refractivity contribution in [2.45, 2.75) is 6.18 Å². The van der Waals surface area contributed by atoms with Crippen molar-refractivity contribution in [2.24, 2.45) is 0 Å². The molecule has 1 rings (SSSR count). The van der Waals surface area contributed by atoms with Gasteiger partial charge in [-0.25, -0.2) is 0 Å². The molecule has 100 valence electrons. The molecular weight excluding hydrogens is 261 g/mol. The maximum absolute atomic E-state index is 12.5. The van der Waals surface area contributed by atoms with Gasteiger partial charge in [0.2, 0.25) is 0 Å². The van der Waals surface area contributed by atoms with E-state index in [9.17, 15) is 26.1 Å². The number of benzene rings is 1. The Labute approximate surface area is 99.1 Å². The van der Waals surface area contributed by atoms with E-state index in [0.29, 0.717) is 0 Å². The molecule has 1 nitrogen and oxygen atoms in total. The second-order valence-corrected chi connectivity index (χ2v) is 3.52. The zero-order chi connectivity index (χ0) is 14.0. The van der Waals surface area contributed by atoms with Crippen molar-refractivity contribution in [3.05, 3.63) is 41.9 Å². The summed E-state index contributed by atoms with van der Waals surface area (Å²) in [6.45, 7) is -3.60. The van der Waals surface area contributed by atoms with Crippen LogP contribution in [0.4, 0.5) is 26.1 Å². The van der Waals surface area contributed by atoms with Crippen LogP contribution in [0, 0.1) is 0 Å². The van der Waals surface area contributed by atoms with Crippen molar-refractivity contribution >= 4 is 6.98 Å². The summed E-state index contributed by atoms with van der Waals surface area (Å²) in [5, 5.41) is 0. The number of para-hydroxylation sites is 1. The van der Waals surface area contributed by atoms with Gasteiger partial charge in [-0.1, -0.05) is 12.1 Å². The second kappa shape index (κ2) is 4.95. The van der Waals surface area contributed by atoms with Crippen molar-refractivity contribution in [2.75, 3.05) is 6.61 Å². The van der Waals surface area contributed by atoms with Crippen LogP contribution in [-0.2, 0) is 6.18 Å². The van der Waals surface area contributed by atoms with Gasteiger partial charge in [0.15, 0.2) is 0 Å². The zero-order valence-electron chi connectivity index (χ0n) is 8.98. The molecule has 0 saturated heterocycles. The summed E-state index contributed by atoms with van der Waals surface area (Å²) < 4.78 is 78.4. The van der Waals surface area contributed by atoms with Gasteiger partial charge in [-0.3, -0.25) is 0 Å². The molecule has 0 spiro atoms. The van der Waals surface area contributed by atoms with Crippen molar-refractivity contribution in [3.8, 4) is 5.75 Å². The summed E-state index contributed by atoms with van der Waals surface area (Å²) in [4.78, 5) is 0. The summed E-state index contributed by atoms with van der Waals surface area (Å²) in [5.74, 6) is -0.647. The minimum absolute atomic E-state index is 0.647. The predicted molar refractivity (Wildman–Crippen MR) is 55.2 cm³/mol. The minimum Gasteiger partial charge on any atom is -0.492 e. The fourth-order valence-electron chi connectivity index (χ4n) is 1.09. The van der Waals surface area contributed by atoms with Crippen LogP contribution in [0.25, 0.3) is 0 Å². The Morgan fingerprint density at radius 2 is 1.72 bits per heavy atom. The second-order valence-electron chi connectivity index (χ2n) is 3.52. The van der Waals surface area contributed by atoms with Crippen molar-refractivity contribution in [1.29, 1.82) is 0 Å². The molecule has 8 heteroatoms. The standard InChI is InChI=1S/C10H8BF6O/c1-7(11(15,16)17)6-18-9-5-3-2-4-8(9)10(12,13)14/h2-5H,1,6H2/q-1. The van der Waals surface area contributed by atoms with Gasteiger partial charge in [0, 0.05) is 0 Å². The average Bonchev–Trinajstić information content (AvgIpc) is 2.23. The van der Waals surface area contributed by atoms with Gasteiger partial charge < -0.3 is 17.7 Å². The molecule has 0 amide bonds. The molecule has 0 saturated carbocycles. The van der Waals surface area contributed by atoms with E-state index in [1.165, 1.54) is 6.07 Å². The summed E-state index contributed by atoms with van der Waals surface area (Å²) in [5.41, 5.74) is -2.31. The Morgan fingerprint density at radius 3 is 2.22 bits per heavy atom. The summed E-state index contributed by atoms with van der Waals surface area (Å²) >= 11 is 0. The first kappa shape index (κ1) is 14.5. The van der Waals surface area contributed by atoms with E-state index in [1.807, 2.05) is 0 Å². The van der Waals surface area contributed by atoms with E-state index in [4.69, 9.17) is 0 Å². The molecule has 0 aliphatic carbocycles. The van der Waals surface area contributed by atoms with Gasteiger partial charge in [-0.2, -0.15) is 13.2 Å². The Kier molecular flexibility index (Phi) is 3.98. The fraction of sp³-hybridized carbons (Fsp3) is 0.200. The van der Waals surface area contributed by atoms with Gasteiger partial charge in [-0.15, -0.1) is 12.1 Å². The van der Waals surface area contributed by atoms with Crippen LogP contribution in [0.15, 0.2) is 36.3 Å². The highest BCUT2D eigenvalue weighted by Crippen LogP contribution is 2.36. The molecule has 0 aliphatic heterocycles. The van der Waals surface area contributed by atoms with Gasteiger partial charge in [-0.05, 0) is 12.1 Å². The number of hydrogen-bond acceptors (Lipinski definition) is 1. The fourth-order valence-corrected chi connectivity index (χ4v) is 1.09. The number of ether oxygens (including phenoxy) is 1. The normalized spacial score (nSPS) is 12.3. The Hall–Kier alpha value is -1.60. The van der Waals surface area contributed by atoms with Gasteiger partial charge in [0.05, 0.1) is 12.2 Å². The molecule has 0 bridgehead atoms. The molecule has 1 aromatic carbocycles. The number of alkyl halides is 3. The van der Waals surface area contributed by atoms with Gasteiger partial charge in [0.1, 0.15) is 5.75 Å². The average molecular weight is 269 g/mol. The third kappa shape index (κ3) is 3.71. The molecule has 0 aliphatic rings. The largest absolute Gasteiger partial charge is 0.508 e. The van der Waals surface area contributed by atoms with Crippen LogP contribution in [0.2, 0.25) is 0 Å². The molecule has 1 aromatic rings. The topological polar surface area (TPSA) is 9.23 Å². The van der Waals surface area contributed by atoms with Crippen LogP contribution < -0.4 is 4.74 Å². The maximum atomic E-state index is 12.5. The molecule has 18 heavy (non-hydrogen) atoms. The molecule has 0 fully saturated rings. The summed E-state index contributed by atoms with van der Waals surface area (Å²) in [7, 11) is 0. The van der Waals surface area contributed by atoms with E-state index < -0.39 is 36.5 Å². The van der Waals surface area contributed by atoms with E-state index in [2.05, 4.69) is 11.3 Å². The van der Waals surface area contributed by atoms with E-state index in [-0.39, 0.29) is 0 Å². The Bertz CT molecular complexity index is 437. The number of hydrogen-bond donors (Lipinski definition) is 0. The van der Waals surface area contributed by atoms with Gasteiger partial charge in [0.25, 0.3) is 0 Å². The van der Waals surface area contributed by atoms with Crippen molar-refractivity contribution < 1.29 is 30.9 Å². The highest BCUT2D eigenvalue weighted by Gasteiger charge is 2.34. The molecule has 0 N–H and O–H groups in total. The van der Waals surface area contributed by atoms with Gasteiger partial charge >= 0.3 is 13.2 Å². The highest BCUT2D eigenvalue weighted by molar-refractivity contribution is 6.66. The molecule has 0 atom stereocenters. The third-order valence-corrected chi connectivity index (χ3v) is 2.07. The maximum Gasteiger partial charge on any atom is 0.508 e. The molecular formula is C10H8BF6O-. The van der Waals surface area contributed by atoms with Crippen molar-refractivity contribution in [1.82, 2.24) is 0 Å². The lowest BCUT2D eigenvalue weighted by atomic mass is 9.81. The molecule has 0 radical (unpaired) electrons. The lowest BCUT2D eigenvalue weighted by Crippen LogP contribution is -2.24. The minimum atomic E-state index is -5.31. The third-order valence-electron chi connectivity index (χ3n) is 2.07. The van der Waals surface area contributed by atoms with E-state index in [1.54, 1.807) is 0 Å². The van der Waals surface area contributed by atoms with Crippen LogP contribution >= 0.6 is 0 Å². The SMILES string of the molecule is C=C(COc1ccccc1C(F)(F)F)[B-](F)(F)F. The number of halogens is 6. The number of rotatable bonds is 4. The molecule has 0 aromatic heterocycles. The van der Waals surface area contributed by atoms with E-state index >= 15 is 0 Å². The lowest BCUT2D eigenvalue weighted by molar-refractivity contribution is -0.138. The van der Waals surface area contributed by atoms with Crippen molar-refractivity contribution in [3.63, 3.8) is 0 Å².